The molecule has 4 nitrogen and oxygen atoms in total. The number of hydrogen-bond donors (Lipinski definition) is 1. The second kappa shape index (κ2) is 7.28. The highest BCUT2D eigenvalue weighted by Gasteiger charge is 2.07. The number of thioether (sulfide) groups is 1. The van der Waals surface area contributed by atoms with Crippen LogP contribution in [0.3, 0.4) is 0 Å². The summed E-state index contributed by atoms with van der Waals surface area (Å²) < 4.78 is 0. The lowest BCUT2D eigenvalue weighted by Crippen LogP contribution is -2.05. The second-order valence-electron chi connectivity index (χ2n) is 4.42. The summed E-state index contributed by atoms with van der Waals surface area (Å²) in [7, 11) is 0. The molecule has 2 aromatic rings. The van der Waals surface area contributed by atoms with E-state index in [4.69, 9.17) is 0 Å². The molecular formula is C14H20N4S. The minimum absolute atomic E-state index is 0.762. The third kappa shape index (κ3) is 3.80. The van der Waals surface area contributed by atoms with E-state index >= 15 is 0 Å². The molecular weight excluding hydrogens is 256 g/mol. The molecule has 5 heteroatoms. The van der Waals surface area contributed by atoms with Crippen molar-refractivity contribution in [2.75, 3.05) is 18.1 Å². The molecule has 0 saturated carbocycles. The van der Waals surface area contributed by atoms with E-state index < -0.39 is 0 Å². The van der Waals surface area contributed by atoms with Crippen molar-refractivity contribution in [1.29, 1.82) is 0 Å². The van der Waals surface area contributed by atoms with Crippen molar-refractivity contribution in [1.82, 2.24) is 15.0 Å². The number of anilines is 1. The van der Waals surface area contributed by atoms with Gasteiger partial charge in [0.2, 0.25) is 0 Å². The van der Waals surface area contributed by atoms with Gasteiger partial charge in [-0.1, -0.05) is 37.9 Å². The smallest absolute Gasteiger partial charge is 0.191 e. The highest BCUT2D eigenvalue weighted by Crippen LogP contribution is 2.21. The molecule has 0 radical (unpaired) electrons. The van der Waals surface area contributed by atoms with Gasteiger partial charge in [0.15, 0.2) is 10.8 Å². The maximum absolute atomic E-state index is 4.54. The molecule has 1 N–H and O–H groups in total. The Labute approximate surface area is 118 Å². The number of rotatable bonds is 7. The van der Waals surface area contributed by atoms with Crippen molar-refractivity contribution < 1.29 is 0 Å². The molecule has 19 heavy (non-hydrogen) atoms. The van der Waals surface area contributed by atoms with Gasteiger partial charge < -0.3 is 5.32 Å². The van der Waals surface area contributed by atoms with Crippen LogP contribution >= 0.6 is 11.8 Å². The van der Waals surface area contributed by atoms with Crippen molar-refractivity contribution in [3.8, 4) is 0 Å². The largest absolute Gasteiger partial charge is 0.369 e. The number of pyridine rings is 1. The van der Waals surface area contributed by atoms with Crippen LogP contribution < -0.4 is 5.32 Å². The highest BCUT2D eigenvalue weighted by molar-refractivity contribution is 7.98. The predicted molar refractivity (Wildman–Crippen MR) is 81.7 cm³/mol. The third-order valence-electron chi connectivity index (χ3n) is 2.96. The zero-order chi connectivity index (χ0) is 13.5. The zero-order valence-corrected chi connectivity index (χ0v) is 12.3. The summed E-state index contributed by atoms with van der Waals surface area (Å²) in [6, 6.07) is 3.94. The van der Waals surface area contributed by atoms with E-state index in [0.717, 1.165) is 28.6 Å². The summed E-state index contributed by atoms with van der Waals surface area (Å²) in [4.78, 5) is 13.3. The van der Waals surface area contributed by atoms with Crippen molar-refractivity contribution in [2.45, 2.75) is 37.8 Å². The summed E-state index contributed by atoms with van der Waals surface area (Å²) in [6.45, 7) is 3.18. The van der Waals surface area contributed by atoms with E-state index in [1.807, 2.05) is 18.4 Å². The standard InChI is InChI=1S/C14H20N4S/c1-3-4-5-6-9-15-12-11-8-7-10-16-13(11)18-14(17-12)19-2/h7-8,10H,3-6,9H2,1-2H3,(H,15,16,17,18). The summed E-state index contributed by atoms with van der Waals surface area (Å²) in [6.07, 6.45) is 8.74. The molecule has 0 aliphatic heterocycles. The molecule has 0 fully saturated rings. The number of unbranched alkanes of at least 4 members (excludes halogenated alkanes) is 3. The summed E-state index contributed by atoms with van der Waals surface area (Å²) >= 11 is 1.54. The van der Waals surface area contributed by atoms with Crippen molar-refractivity contribution in [3.63, 3.8) is 0 Å². The average molecular weight is 276 g/mol. The first-order valence-electron chi connectivity index (χ1n) is 6.75. The lowest BCUT2D eigenvalue weighted by Gasteiger charge is -2.09. The van der Waals surface area contributed by atoms with E-state index in [1.165, 1.54) is 25.7 Å². The van der Waals surface area contributed by atoms with Crippen LogP contribution in [-0.4, -0.2) is 27.8 Å². The van der Waals surface area contributed by atoms with Crippen LogP contribution in [0.25, 0.3) is 11.0 Å². The van der Waals surface area contributed by atoms with Crippen LogP contribution in [-0.2, 0) is 0 Å². The third-order valence-corrected chi connectivity index (χ3v) is 3.50. The van der Waals surface area contributed by atoms with E-state index in [-0.39, 0.29) is 0 Å². The van der Waals surface area contributed by atoms with Crippen LogP contribution in [0, 0.1) is 0 Å². The normalized spacial score (nSPS) is 10.8. The first kappa shape index (κ1) is 14.1. The number of hydrogen-bond acceptors (Lipinski definition) is 5. The van der Waals surface area contributed by atoms with Gasteiger partial charge in [0, 0.05) is 12.7 Å². The predicted octanol–water partition coefficient (Wildman–Crippen LogP) is 3.74. The number of nitrogens with one attached hydrogen (secondary N) is 1. The maximum Gasteiger partial charge on any atom is 0.191 e. The molecule has 2 aromatic heterocycles. The Morgan fingerprint density at radius 3 is 2.89 bits per heavy atom. The molecule has 2 rings (SSSR count). The second-order valence-corrected chi connectivity index (χ2v) is 5.19. The summed E-state index contributed by atoms with van der Waals surface area (Å²) in [5.41, 5.74) is 0.762. The highest BCUT2D eigenvalue weighted by atomic mass is 32.2. The Balaban J connectivity index is 2.11. The fourth-order valence-electron chi connectivity index (χ4n) is 1.93. The lowest BCUT2D eigenvalue weighted by atomic mass is 10.2. The molecule has 0 amide bonds. The van der Waals surface area contributed by atoms with Crippen LogP contribution in [0.5, 0.6) is 0 Å². The Hall–Kier alpha value is -1.36. The van der Waals surface area contributed by atoms with Gasteiger partial charge in [0.1, 0.15) is 5.82 Å². The van der Waals surface area contributed by atoms with Gasteiger partial charge in [-0.25, -0.2) is 15.0 Å². The molecule has 0 aliphatic rings. The van der Waals surface area contributed by atoms with Gasteiger partial charge >= 0.3 is 0 Å². The molecule has 0 aromatic carbocycles. The number of nitrogens with zero attached hydrogens (tertiary/aromatic N) is 3. The fraction of sp³-hybridized carbons (Fsp3) is 0.500. The Morgan fingerprint density at radius 2 is 2.11 bits per heavy atom. The van der Waals surface area contributed by atoms with Gasteiger partial charge in [-0.2, -0.15) is 0 Å². The van der Waals surface area contributed by atoms with Crippen LogP contribution in [0.1, 0.15) is 32.6 Å². The minimum atomic E-state index is 0.762. The van der Waals surface area contributed by atoms with Crippen molar-refractivity contribution >= 4 is 28.6 Å². The molecule has 0 saturated heterocycles. The Morgan fingerprint density at radius 1 is 1.21 bits per heavy atom. The fourth-order valence-corrected chi connectivity index (χ4v) is 2.29. The zero-order valence-electron chi connectivity index (χ0n) is 11.5. The van der Waals surface area contributed by atoms with Gasteiger partial charge in [-0.15, -0.1) is 0 Å². The van der Waals surface area contributed by atoms with E-state index in [1.54, 1.807) is 18.0 Å². The van der Waals surface area contributed by atoms with Gasteiger partial charge in [-0.05, 0) is 24.8 Å². The van der Waals surface area contributed by atoms with E-state index in [9.17, 15) is 0 Å². The summed E-state index contributed by atoms with van der Waals surface area (Å²) in [5.74, 6) is 0.902. The minimum Gasteiger partial charge on any atom is -0.369 e. The molecule has 102 valence electrons. The van der Waals surface area contributed by atoms with E-state index in [0.29, 0.717) is 0 Å². The average Bonchev–Trinajstić information content (AvgIpc) is 2.46. The molecule has 0 unspecified atom stereocenters. The first-order chi connectivity index (χ1) is 9.35. The first-order valence-corrected chi connectivity index (χ1v) is 7.98. The van der Waals surface area contributed by atoms with Crippen LogP contribution in [0.4, 0.5) is 5.82 Å². The number of fused-ring (bicyclic) bond motifs is 1. The maximum atomic E-state index is 4.54. The molecule has 2 heterocycles. The molecule has 0 bridgehead atoms. The lowest BCUT2D eigenvalue weighted by molar-refractivity contribution is 0.684. The Kier molecular flexibility index (Phi) is 5.39. The van der Waals surface area contributed by atoms with Gasteiger partial charge in [0.05, 0.1) is 5.39 Å². The van der Waals surface area contributed by atoms with Crippen LogP contribution in [0.15, 0.2) is 23.5 Å². The van der Waals surface area contributed by atoms with Crippen LogP contribution in [0.2, 0.25) is 0 Å². The molecule has 0 aliphatic carbocycles. The van der Waals surface area contributed by atoms with Crippen molar-refractivity contribution in [2.24, 2.45) is 0 Å². The van der Waals surface area contributed by atoms with Gasteiger partial charge in [-0.3, -0.25) is 0 Å². The quantitative estimate of drug-likeness (QED) is 0.474. The van der Waals surface area contributed by atoms with Gasteiger partial charge in [0.25, 0.3) is 0 Å². The molecule has 0 atom stereocenters. The monoisotopic (exact) mass is 276 g/mol. The molecule has 0 spiro atoms. The summed E-state index contributed by atoms with van der Waals surface area (Å²) in [5, 5.41) is 5.18. The van der Waals surface area contributed by atoms with E-state index in [2.05, 4.69) is 27.2 Å². The number of aromatic nitrogens is 3. The topological polar surface area (TPSA) is 50.7 Å². The Bertz CT molecular complexity index is 530. The SMILES string of the molecule is CCCCCCNc1nc(SC)nc2ncccc12. The van der Waals surface area contributed by atoms with Crippen molar-refractivity contribution in [3.05, 3.63) is 18.3 Å².